The van der Waals surface area contributed by atoms with Crippen LogP contribution in [0, 0.1) is 17.0 Å². The Morgan fingerprint density at radius 2 is 2.05 bits per heavy atom. The Morgan fingerprint density at radius 3 is 2.53 bits per heavy atom. The van der Waals surface area contributed by atoms with Gasteiger partial charge in [-0.2, -0.15) is 0 Å². The molecule has 0 aliphatic rings. The molecular formula is C13H19N3O3. The molecule has 1 amide bonds. The Hall–Kier alpha value is -1.95. The summed E-state index contributed by atoms with van der Waals surface area (Å²) in [6.45, 7) is 6.87. The van der Waals surface area contributed by atoms with E-state index in [1.165, 1.54) is 6.07 Å². The Kier molecular flexibility index (Phi) is 4.26. The molecule has 3 N–H and O–H groups in total. The fourth-order valence-electron chi connectivity index (χ4n) is 1.79. The highest BCUT2D eigenvalue weighted by Gasteiger charge is 2.27. The van der Waals surface area contributed by atoms with Crippen molar-refractivity contribution in [3.63, 3.8) is 0 Å². The first-order chi connectivity index (χ1) is 8.65. The van der Waals surface area contributed by atoms with Gasteiger partial charge >= 0.3 is 0 Å². The van der Waals surface area contributed by atoms with Crippen molar-refractivity contribution in [3.05, 3.63) is 39.4 Å². The lowest BCUT2D eigenvalue weighted by Gasteiger charge is -2.27. The molecule has 0 radical (unpaired) electrons. The number of benzene rings is 1. The van der Waals surface area contributed by atoms with E-state index in [1.54, 1.807) is 32.9 Å². The average molecular weight is 265 g/mol. The second kappa shape index (κ2) is 5.36. The summed E-state index contributed by atoms with van der Waals surface area (Å²) in [6, 6.07) is 4.80. The number of carbonyl (C=O) groups excluding carboxylic acids is 1. The minimum Gasteiger partial charge on any atom is -0.368 e. The molecule has 0 spiro atoms. The molecule has 1 unspecified atom stereocenters. The van der Waals surface area contributed by atoms with Gasteiger partial charge in [0.1, 0.15) is 0 Å². The van der Waals surface area contributed by atoms with Crippen molar-refractivity contribution in [2.75, 3.05) is 0 Å². The zero-order chi connectivity index (χ0) is 14.8. The maximum Gasteiger partial charge on any atom is 0.272 e. The topological polar surface area (TPSA) is 98.3 Å². The van der Waals surface area contributed by atoms with Crippen LogP contribution in [0.2, 0.25) is 0 Å². The van der Waals surface area contributed by atoms with Gasteiger partial charge in [-0.05, 0) is 33.3 Å². The minimum atomic E-state index is -0.876. The molecule has 0 bridgehead atoms. The normalized spacial score (nSPS) is 13.1. The van der Waals surface area contributed by atoms with Gasteiger partial charge < -0.3 is 5.73 Å². The number of hydrogen-bond donors (Lipinski definition) is 2. The van der Waals surface area contributed by atoms with E-state index in [9.17, 15) is 14.9 Å². The van der Waals surface area contributed by atoms with Crippen molar-refractivity contribution in [1.29, 1.82) is 0 Å². The highest BCUT2D eigenvalue weighted by atomic mass is 16.6. The second-order valence-corrected chi connectivity index (χ2v) is 5.16. The summed E-state index contributed by atoms with van der Waals surface area (Å²) in [5.41, 5.74) is 5.83. The molecule has 1 aromatic carbocycles. The zero-order valence-corrected chi connectivity index (χ0v) is 11.6. The van der Waals surface area contributed by atoms with Gasteiger partial charge in [0.25, 0.3) is 5.69 Å². The minimum absolute atomic E-state index is 0.0723. The lowest BCUT2D eigenvalue weighted by atomic mass is 9.99. The molecule has 1 aromatic rings. The van der Waals surface area contributed by atoms with E-state index >= 15 is 0 Å². The van der Waals surface area contributed by atoms with Crippen molar-refractivity contribution in [2.45, 2.75) is 39.3 Å². The van der Waals surface area contributed by atoms with E-state index in [-0.39, 0.29) is 11.7 Å². The highest BCUT2D eigenvalue weighted by Crippen LogP contribution is 2.24. The smallest absolute Gasteiger partial charge is 0.272 e. The van der Waals surface area contributed by atoms with Crippen LogP contribution < -0.4 is 11.1 Å². The van der Waals surface area contributed by atoms with Crippen LogP contribution in [0.15, 0.2) is 18.2 Å². The summed E-state index contributed by atoms with van der Waals surface area (Å²) in [7, 11) is 0. The van der Waals surface area contributed by atoms with E-state index < -0.39 is 16.4 Å². The van der Waals surface area contributed by atoms with Crippen LogP contribution in [0.3, 0.4) is 0 Å². The third kappa shape index (κ3) is 3.51. The van der Waals surface area contributed by atoms with Crippen molar-refractivity contribution in [1.82, 2.24) is 5.32 Å². The van der Waals surface area contributed by atoms with Crippen LogP contribution in [0.5, 0.6) is 0 Å². The third-order valence-electron chi connectivity index (χ3n) is 3.12. The standard InChI is InChI=1S/C13H19N3O3/c1-8-5-6-10(7-11(8)16(18)19)9(2)15-13(3,4)12(14)17/h5-7,9,15H,1-4H3,(H2,14,17). The number of nitro benzene ring substituents is 1. The van der Waals surface area contributed by atoms with Crippen molar-refractivity contribution in [2.24, 2.45) is 5.73 Å². The van der Waals surface area contributed by atoms with Gasteiger partial charge in [0.2, 0.25) is 5.91 Å². The summed E-state index contributed by atoms with van der Waals surface area (Å²) in [6.07, 6.45) is 0. The summed E-state index contributed by atoms with van der Waals surface area (Å²) < 4.78 is 0. The number of rotatable bonds is 5. The maximum absolute atomic E-state index is 11.3. The maximum atomic E-state index is 11.3. The molecule has 6 heteroatoms. The molecule has 0 fully saturated rings. The lowest BCUT2D eigenvalue weighted by molar-refractivity contribution is -0.385. The van der Waals surface area contributed by atoms with Crippen LogP contribution in [0.25, 0.3) is 0 Å². The van der Waals surface area contributed by atoms with Crippen LogP contribution in [0.1, 0.15) is 37.9 Å². The number of nitrogens with two attached hydrogens (primary N) is 1. The summed E-state index contributed by atoms with van der Waals surface area (Å²) in [5, 5.41) is 14.0. The van der Waals surface area contributed by atoms with E-state index in [4.69, 9.17) is 5.73 Å². The molecule has 0 saturated carbocycles. The van der Waals surface area contributed by atoms with Gasteiger partial charge in [-0.25, -0.2) is 0 Å². The molecule has 1 atom stereocenters. The van der Waals surface area contributed by atoms with Gasteiger partial charge in [-0.3, -0.25) is 20.2 Å². The number of nitrogens with one attached hydrogen (secondary N) is 1. The number of hydrogen-bond acceptors (Lipinski definition) is 4. The zero-order valence-electron chi connectivity index (χ0n) is 11.6. The molecule has 6 nitrogen and oxygen atoms in total. The summed E-state index contributed by atoms with van der Waals surface area (Å²) >= 11 is 0. The number of carbonyl (C=O) groups is 1. The lowest BCUT2D eigenvalue weighted by Crippen LogP contribution is -2.51. The first-order valence-electron chi connectivity index (χ1n) is 5.97. The van der Waals surface area contributed by atoms with Crippen LogP contribution in [-0.2, 0) is 4.79 Å². The predicted octanol–water partition coefficient (Wildman–Crippen LogP) is 1.82. The van der Waals surface area contributed by atoms with Crippen molar-refractivity contribution >= 4 is 11.6 Å². The Bertz CT molecular complexity index is 512. The third-order valence-corrected chi connectivity index (χ3v) is 3.12. The van der Waals surface area contributed by atoms with Crippen molar-refractivity contribution < 1.29 is 9.72 Å². The number of amides is 1. The molecule has 0 heterocycles. The molecule has 19 heavy (non-hydrogen) atoms. The van der Waals surface area contributed by atoms with E-state index in [1.807, 2.05) is 6.92 Å². The number of primary amides is 1. The van der Waals surface area contributed by atoms with Gasteiger partial charge in [0.15, 0.2) is 0 Å². The fraction of sp³-hybridized carbons (Fsp3) is 0.462. The quantitative estimate of drug-likeness (QED) is 0.626. The SMILES string of the molecule is Cc1ccc(C(C)NC(C)(C)C(N)=O)cc1[N+](=O)[O-]. The Morgan fingerprint density at radius 1 is 1.47 bits per heavy atom. The fourth-order valence-corrected chi connectivity index (χ4v) is 1.79. The summed E-state index contributed by atoms with van der Waals surface area (Å²) in [4.78, 5) is 21.8. The van der Waals surface area contributed by atoms with Gasteiger partial charge in [-0.1, -0.05) is 12.1 Å². The number of nitrogens with zero attached hydrogens (tertiary/aromatic N) is 1. The van der Waals surface area contributed by atoms with Crippen LogP contribution in [-0.4, -0.2) is 16.4 Å². The largest absolute Gasteiger partial charge is 0.368 e. The average Bonchev–Trinajstić information content (AvgIpc) is 2.28. The Labute approximate surface area is 112 Å². The number of nitro groups is 1. The van der Waals surface area contributed by atoms with Crippen LogP contribution in [0.4, 0.5) is 5.69 Å². The first kappa shape index (κ1) is 15.1. The summed E-state index contributed by atoms with van der Waals surface area (Å²) in [5.74, 6) is -0.471. The van der Waals surface area contributed by atoms with E-state index in [0.717, 1.165) is 5.56 Å². The van der Waals surface area contributed by atoms with Gasteiger partial charge in [-0.15, -0.1) is 0 Å². The van der Waals surface area contributed by atoms with Gasteiger partial charge in [0, 0.05) is 17.7 Å². The van der Waals surface area contributed by atoms with Gasteiger partial charge in [0.05, 0.1) is 10.5 Å². The van der Waals surface area contributed by atoms with Crippen molar-refractivity contribution in [3.8, 4) is 0 Å². The molecule has 0 saturated heterocycles. The first-order valence-corrected chi connectivity index (χ1v) is 5.97. The van der Waals surface area contributed by atoms with Crippen LogP contribution >= 0.6 is 0 Å². The molecular weight excluding hydrogens is 246 g/mol. The molecule has 1 rings (SSSR count). The van der Waals surface area contributed by atoms with E-state index in [2.05, 4.69) is 5.32 Å². The predicted molar refractivity (Wildman–Crippen MR) is 72.7 cm³/mol. The molecule has 0 aromatic heterocycles. The monoisotopic (exact) mass is 265 g/mol. The molecule has 0 aliphatic heterocycles. The highest BCUT2D eigenvalue weighted by molar-refractivity contribution is 5.83. The van der Waals surface area contributed by atoms with E-state index in [0.29, 0.717) is 5.56 Å². The molecule has 104 valence electrons. The molecule has 0 aliphatic carbocycles. The number of aryl methyl sites for hydroxylation is 1. The Balaban J connectivity index is 3.01. The second-order valence-electron chi connectivity index (χ2n) is 5.16.